The van der Waals surface area contributed by atoms with Crippen molar-refractivity contribution in [1.29, 1.82) is 0 Å². The number of ether oxygens (including phenoxy) is 1. The van der Waals surface area contributed by atoms with Crippen molar-refractivity contribution in [2.24, 2.45) is 11.3 Å². The highest BCUT2D eigenvalue weighted by atomic mass is 16.5. The van der Waals surface area contributed by atoms with Crippen molar-refractivity contribution in [2.45, 2.75) is 44.6 Å². The van der Waals surface area contributed by atoms with Gasteiger partial charge >= 0.3 is 0 Å². The minimum absolute atomic E-state index is 0.0168. The summed E-state index contributed by atoms with van der Waals surface area (Å²) in [6, 6.07) is 0. The Hall–Kier alpha value is -0.0800. The molecule has 0 aromatic heterocycles. The molecule has 13 heavy (non-hydrogen) atoms. The summed E-state index contributed by atoms with van der Waals surface area (Å²) in [6.45, 7) is 2.46. The van der Waals surface area contributed by atoms with E-state index in [4.69, 9.17) is 4.74 Å². The molecule has 0 amide bonds. The lowest BCUT2D eigenvalue weighted by Crippen LogP contribution is -2.57. The lowest BCUT2D eigenvalue weighted by atomic mass is 9.54. The van der Waals surface area contributed by atoms with Gasteiger partial charge in [-0.25, -0.2) is 0 Å². The van der Waals surface area contributed by atoms with Crippen LogP contribution in [0.2, 0.25) is 0 Å². The molecule has 3 fully saturated rings. The summed E-state index contributed by atoms with van der Waals surface area (Å²) < 4.78 is 5.71. The van der Waals surface area contributed by atoms with Crippen molar-refractivity contribution in [3.05, 3.63) is 0 Å². The van der Waals surface area contributed by atoms with E-state index in [1.54, 1.807) is 7.11 Å². The second-order valence-electron chi connectivity index (χ2n) is 5.06. The summed E-state index contributed by atoms with van der Waals surface area (Å²) in [7, 11) is 1.81. The van der Waals surface area contributed by atoms with Gasteiger partial charge in [0.1, 0.15) is 0 Å². The monoisotopic (exact) mass is 184 g/mol. The lowest BCUT2D eigenvalue weighted by Gasteiger charge is -2.57. The number of hydrogen-bond donors (Lipinski definition) is 1. The molecule has 0 aromatic rings. The Morgan fingerprint density at radius 3 is 2.38 bits per heavy atom. The standard InChI is InChI=1S/C11H20O2/c1-10(8-12)7-9-3-5-11(10,13-2)6-4-9/h9,12H,3-8H2,1-2H3. The summed E-state index contributed by atoms with van der Waals surface area (Å²) in [5.41, 5.74) is -0.000579. The second-order valence-corrected chi connectivity index (χ2v) is 5.06. The maximum atomic E-state index is 9.49. The quantitative estimate of drug-likeness (QED) is 0.711. The van der Waals surface area contributed by atoms with E-state index in [1.165, 1.54) is 12.8 Å². The molecular formula is C11H20O2. The number of methoxy groups -OCH3 is 1. The molecule has 0 aliphatic heterocycles. The maximum absolute atomic E-state index is 9.49. The number of fused-ring (bicyclic) bond motifs is 3. The lowest BCUT2D eigenvalue weighted by molar-refractivity contribution is -0.191. The normalized spacial score (nSPS) is 49.6. The average molecular weight is 184 g/mol. The Bertz CT molecular complexity index is 194. The third-order valence-electron chi connectivity index (χ3n) is 4.49. The molecule has 2 heteroatoms. The van der Waals surface area contributed by atoms with Crippen molar-refractivity contribution in [2.75, 3.05) is 13.7 Å². The van der Waals surface area contributed by atoms with Gasteiger partial charge in [-0.15, -0.1) is 0 Å². The van der Waals surface area contributed by atoms with Crippen molar-refractivity contribution in [3.63, 3.8) is 0 Å². The molecule has 2 nitrogen and oxygen atoms in total. The van der Waals surface area contributed by atoms with E-state index >= 15 is 0 Å². The zero-order chi connectivity index (χ0) is 9.53. The van der Waals surface area contributed by atoms with Gasteiger partial charge in [0.05, 0.1) is 12.2 Å². The van der Waals surface area contributed by atoms with Gasteiger partial charge in [0, 0.05) is 12.5 Å². The number of hydrogen-bond acceptors (Lipinski definition) is 2. The molecule has 0 heterocycles. The molecule has 3 saturated carbocycles. The molecule has 0 radical (unpaired) electrons. The van der Waals surface area contributed by atoms with Gasteiger partial charge in [-0.1, -0.05) is 6.92 Å². The van der Waals surface area contributed by atoms with Gasteiger partial charge in [0.25, 0.3) is 0 Å². The van der Waals surface area contributed by atoms with Crippen molar-refractivity contribution >= 4 is 0 Å². The predicted molar refractivity (Wildman–Crippen MR) is 51.5 cm³/mol. The first-order valence-electron chi connectivity index (χ1n) is 5.32. The van der Waals surface area contributed by atoms with E-state index in [0.29, 0.717) is 0 Å². The highest BCUT2D eigenvalue weighted by Gasteiger charge is 2.55. The zero-order valence-electron chi connectivity index (χ0n) is 8.68. The summed E-state index contributed by atoms with van der Waals surface area (Å²) in [4.78, 5) is 0. The molecule has 1 N–H and O–H groups in total. The van der Waals surface area contributed by atoms with Gasteiger partial charge in [-0.2, -0.15) is 0 Å². The third-order valence-corrected chi connectivity index (χ3v) is 4.49. The van der Waals surface area contributed by atoms with Crippen LogP contribution in [-0.4, -0.2) is 24.4 Å². The average Bonchev–Trinajstić information content (AvgIpc) is 2.19. The molecule has 0 aromatic carbocycles. The molecule has 0 saturated heterocycles. The molecule has 76 valence electrons. The van der Waals surface area contributed by atoms with E-state index in [0.717, 1.165) is 25.2 Å². The van der Waals surface area contributed by atoms with E-state index in [1.807, 2.05) is 0 Å². The molecule has 3 aliphatic rings. The Kier molecular flexibility index (Phi) is 2.16. The van der Waals surface area contributed by atoms with E-state index in [2.05, 4.69) is 6.92 Å². The van der Waals surface area contributed by atoms with Crippen LogP contribution in [0.4, 0.5) is 0 Å². The third kappa shape index (κ3) is 1.15. The Labute approximate surface area is 80.3 Å². The fraction of sp³-hybridized carbons (Fsp3) is 1.00. The first-order valence-corrected chi connectivity index (χ1v) is 5.32. The smallest absolute Gasteiger partial charge is 0.0754 e. The van der Waals surface area contributed by atoms with Crippen molar-refractivity contribution in [3.8, 4) is 0 Å². The number of rotatable bonds is 2. The molecule has 1 atom stereocenters. The number of aliphatic hydroxyl groups excluding tert-OH is 1. The highest BCUT2D eigenvalue weighted by molar-refractivity contribution is 5.06. The van der Waals surface area contributed by atoms with Crippen LogP contribution < -0.4 is 0 Å². The van der Waals surface area contributed by atoms with Gasteiger partial charge in [0.15, 0.2) is 0 Å². The zero-order valence-corrected chi connectivity index (χ0v) is 8.68. The Morgan fingerprint density at radius 1 is 1.38 bits per heavy atom. The SMILES string of the molecule is COC12CCC(CC1)CC2(C)CO. The summed E-state index contributed by atoms with van der Waals surface area (Å²) in [5.74, 6) is 0.842. The van der Waals surface area contributed by atoms with Crippen LogP contribution in [0, 0.1) is 11.3 Å². The van der Waals surface area contributed by atoms with Gasteiger partial charge in [0.2, 0.25) is 0 Å². The van der Waals surface area contributed by atoms with Crippen LogP contribution in [0.5, 0.6) is 0 Å². The molecule has 0 spiro atoms. The van der Waals surface area contributed by atoms with E-state index < -0.39 is 0 Å². The fourth-order valence-electron chi connectivity index (χ4n) is 3.43. The van der Waals surface area contributed by atoms with Crippen molar-refractivity contribution in [1.82, 2.24) is 0 Å². The summed E-state index contributed by atoms with van der Waals surface area (Å²) in [5, 5.41) is 9.49. The van der Waals surface area contributed by atoms with Crippen LogP contribution in [0.25, 0.3) is 0 Å². The van der Waals surface area contributed by atoms with Crippen molar-refractivity contribution < 1.29 is 9.84 Å². The predicted octanol–water partition coefficient (Wildman–Crippen LogP) is 1.96. The molecule has 3 rings (SSSR count). The van der Waals surface area contributed by atoms with Crippen LogP contribution in [-0.2, 0) is 4.74 Å². The minimum atomic E-state index is -0.0174. The minimum Gasteiger partial charge on any atom is -0.396 e. The molecule has 1 unspecified atom stereocenters. The van der Waals surface area contributed by atoms with Crippen LogP contribution in [0.3, 0.4) is 0 Å². The maximum Gasteiger partial charge on any atom is 0.0754 e. The summed E-state index contributed by atoms with van der Waals surface area (Å²) >= 11 is 0. The first kappa shape index (κ1) is 9.47. The first-order chi connectivity index (χ1) is 6.16. The van der Waals surface area contributed by atoms with Crippen LogP contribution in [0.15, 0.2) is 0 Å². The van der Waals surface area contributed by atoms with E-state index in [9.17, 15) is 5.11 Å². The second kappa shape index (κ2) is 2.96. The largest absolute Gasteiger partial charge is 0.396 e. The summed E-state index contributed by atoms with van der Waals surface area (Å²) in [6.07, 6.45) is 6.03. The fourth-order valence-corrected chi connectivity index (χ4v) is 3.43. The van der Waals surface area contributed by atoms with Gasteiger partial charge < -0.3 is 9.84 Å². The Morgan fingerprint density at radius 2 is 2.00 bits per heavy atom. The molecule has 3 aliphatic carbocycles. The highest BCUT2D eigenvalue weighted by Crippen LogP contribution is 2.56. The van der Waals surface area contributed by atoms with Crippen LogP contribution in [0.1, 0.15) is 39.0 Å². The van der Waals surface area contributed by atoms with Crippen LogP contribution >= 0.6 is 0 Å². The Balaban J connectivity index is 2.28. The number of aliphatic hydroxyl groups is 1. The topological polar surface area (TPSA) is 29.5 Å². The molecular weight excluding hydrogens is 164 g/mol. The van der Waals surface area contributed by atoms with Gasteiger partial charge in [-0.3, -0.25) is 0 Å². The van der Waals surface area contributed by atoms with Gasteiger partial charge in [-0.05, 0) is 38.0 Å². The molecule has 2 bridgehead atoms. The van der Waals surface area contributed by atoms with E-state index in [-0.39, 0.29) is 17.6 Å².